The number of halogens is 1. The molecule has 1 saturated heterocycles. The molecule has 2 aliphatic rings. The first-order valence-electron chi connectivity index (χ1n) is 9.12. The lowest BCUT2D eigenvalue weighted by molar-refractivity contribution is -0.129. The van der Waals surface area contributed by atoms with Gasteiger partial charge in [-0.2, -0.15) is 4.31 Å². The molecule has 1 aromatic carbocycles. The number of thioether (sulfide) groups is 1. The third-order valence-electron chi connectivity index (χ3n) is 5.04. The van der Waals surface area contributed by atoms with E-state index in [0.29, 0.717) is 24.1 Å². The molecule has 144 valence electrons. The van der Waals surface area contributed by atoms with E-state index in [0.717, 1.165) is 6.07 Å². The van der Waals surface area contributed by atoms with Crippen molar-refractivity contribution in [1.29, 1.82) is 0 Å². The highest BCUT2D eigenvalue weighted by atomic mass is 32.2. The highest BCUT2D eigenvalue weighted by Crippen LogP contribution is 2.28. The van der Waals surface area contributed by atoms with Gasteiger partial charge in [0.25, 0.3) is 0 Å². The number of carbonyl (C=O) groups excluding carboxylic acids is 1. The molecule has 1 heterocycles. The quantitative estimate of drug-likeness (QED) is 0.763. The van der Waals surface area contributed by atoms with E-state index in [4.69, 9.17) is 0 Å². The molecule has 1 amide bonds. The fourth-order valence-corrected chi connectivity index (χ4v) is 6.20. The molecule has 0 aromatic heterocycles. The van der Waals surface area contributed by atoms with E-state index >= 15 is 0 Å². The number of benzene rings is 1. The van der Waals surface area contributed by atoms with Crippen molar-refractivity contribution < 1.29 is 17.6 Å². The number of amides is 1. The zero-order valence-corrected chi connectivity index (χ0v) is 16.4. The summed E-state index contributed by atoms with van der Waals surface area (Å²) in [6.07, 6.45) is 6.17. The molecular formula is C18H25FN2O3S2. The van der Waals surface area contributed by atoms with Crippen molar-refractivity contribution in [2.24, 2.45) is 0 Å². The smallest absolute Gasteiger partial charge is 0.246 e. The van der Waals surface area contributed by atoms with Crippen LogP contribution in [0.1, 0.15) is 32.1 Å². The summed E-state index contributed by atoms with van der Waals surface area (Å²) in [7, 11) is -3.86. The van der Waals surface area contributed by atoms with Crippen LogP contribution in [-0.4, -0.2) is 60.7 Å². The first-order valence-corrected chi connectivity index (χ1v) is 11.6. The molecule has 1 aromatic rings. The summed E-state index contributed by atoms with van der Waals surface area (Å²) in [6, 6.07) is 5.41. The standard InChI is InChI=1S/C18H25FN2O3S2/c19-16-8-4-5-9-17(16)26(23,24)21-12-10-20(11-13-21)18(22)14-25-15-6-2-1-3-7-15/h4-5,8-9,15H,1-3,6-7,10-14H2. The number of nitrogens with zero attached hydrogens (tertiary/aromatic N) is 2. The predicted molar refractivity (Wildman–Crippen MR) is 101 cm³/mol. The lowest BCUT2D eigenvalue weighted by Gasteiger charge is -2.34. The van der Waals surface area contributed by atoms with Gasteiger partial charge in [0, 0.05) is 31.4 Å². The average Bonchev–Trinajstić information content (AvgIpc) is 2.67. The molecule has 3 rings (SSSR count). The van der Waals surface area contributed by atoms with E-state index < -0.39 is 15.8 Å². The molecule has 1 aliphatic heterocycles. The van der Waals surface area contributed by atoms with Gasteiger partial charge >= 0.3 is 0 Å². The van der Waals surface area contributed by atoms with E-state index in [1.165, 1.54) is 54.6 Å². The number of sulfonamides is 1. The first-order chi connectivity index (χ1) is 12.5. The Labute approximate surface area is 159 Å². The number of carbonyl (C=O) groups is 1. The summed E-state index contributed by atoms with van der Waals surface area (Å²) in [5.41, 5.74) is 0. The molecule has 0 N–H and O–H groups in total. The van der Waals surface area contributed by atoms with Gasteiger partial charge < -0.3 is 4.90 Å². The highest BCUT2D eigenvalue weighted by molar-refractivity contribution is 8.00. The lowest BCUT2D eigenvalue weighted by atomic mass is 10.0. The second-order valence-corrected chi connectivity index (χ2v) is 9.98. The van der Waals surface area contributed by atoms with E-state index in [-0.39, 0.29) is 23.9 Å². The topological polar surface area (TPSA) is 57.7 Å². The van der Waals surface area contributed by atoms with Gasteiger partial charge in [-0.05, 0) is 25.0 Å². The first kappa shape index (κ1) is 19.6. The normalized spacial score (nSPS) is 20.3. The second-order valence-electron chi connectivity index (χ2n) is 6.79. The third kappa shape index (κ3) is 4.58. The maximum atomic E-state index is 13.8. The zero-order chi connectivity index (χ0) is 18.6. The van der Waals surface area contributed by atoms with Crippen molar-refractivity contribution in [1.82, 2.24) is 9.21 Å². The highest BCUT2D eigenvalue weighted by Gasteiger charge is 2.31. The summed E-state index contributed by atoms with van der Waals surface area (Å²) in [5.74, 6) is -0.205. The molecule has 8 heteroatoms. The van der Waals surface area contributed by atoms with Crippen molar-refractivity contribution >= 4 is 27.7 Å². The lowest BCUT2D eigenvalue weighted by Crippen LogP contribution is -2.51. The van der Waals surface area contributed by atoms with Crippen molar-refractivity contribution in [2.75, 3.05) is 31.9 Å². The Morgan fingerprint density at radius 2 is 1.73 bits per heavy atom. The van der Waals surface area contributed by atoms with E-state index in [1.54, 1.807) is 16.7 Å². The monoisotopic (exact) mass is 400 g/mol. The van der Waals surface area contributed by atoms with Crippen LogP contribution in [0.15, 0.2) is 29.2 Å². The summed E-state index contributed by atoms with van der Waals surface area (Å²) >= 11 is 1.73. The Morgan fingerprint density at radius 3 is 2.38 bits per heavy atom. The molecule has 26 heavy (non-hydrogen) atoms. The molecule has 1 aliphatic carbocycles. The summed E-state index contributed by atoms with van der Waals surface area (Å²) in [5, 5.41) is 0.579. The minimum atomic E-state index is -3.86. The van der Waals surface area contributed by atoms with Gasteiger partial charge in [-0.1, -0.05) is 31.4 Å². The Hall–Kier alpha value is -1.12. The van der Waals surface area contributed by atoms with Crippen LogP contribution in [0.3, 0.4) is 0 Å². The Balaban J connectivity index is 1.52. The largest absolute Gasteiger partial charge is 0.339 e. The van der Waals surface area contributed by atoms with Crippen LogP contribution in [0.2, 0.25) is 0 Å². The zero-order valence-electron chi connectivity index (χ0n) is 14.8. The van der Waals surface area contributed by atoms with Crippen molar-refractivity contribution in [3.63, 3.8) is 0 Å². The summed E-state index contributed by atoms with van der Waals surface area (Å²) in [6.45, 7) is 1.13. The number of hydrogen-bond donors (Lipinski definition) is 0. The molecule has 0 radical (unpaired) electrons. The molecule has 2 fully saturated rings. The molecule has 5 nitrogen and oxygen atoms in total. The van der Waals surface area contributed by atoms with Crippen LogP contribution in [0.5, 0.6) is 0 Å². The maximum Gasteiger partial charge on any atom is 0.246 e. The minimum absolute atomic E-state index is 0.0727. The molecule has 0 atom stereocenters. The van der Waals surface area contributed by atoms with Crippen LogP contribution in [0.25, 0.3) is 0 Å². The van der Waals surface area contributed by atoms with Gasteiger partial charge in [0.05, 0.1) is 5.75 Å². The van der Waals surface area contributed by atoms with E-state index in [2.05, 4.69) is 0 Å². The predicted octanol–water partition coefficient (Wildman–Crippen LogP) is 2.72. The van der Waals surface area contributed by atoms with Crippen LogP contribution >= 0.6 is 11.8 Å². The second kappa shape index (κ2) is 8.71. The van der Waals surface area contributed by atoms with Gasteiger partial charge in [-0.3, -0.25) is 4.79 Å². The van der Waals surface area contributed by atoms with Crippen molar-refractivity contribution in [3.8, 4) is 0 Å². The molecule has 0 spiro atoms. The van der Waals surface area contributed by atoms with Gasteiger partial charge in [0.2, 0.25) is 15.9 Å². The Kier molecular flexibility index (Phi) is 6.58. The van der Waals surface area contributed by atoms with Gasteiger partial charge in [-0.25, -0.2) is 12.8 Å². The third-order valence-corrected chi connectivity index (χ3v) is 8.33. The van der Waals surface area contributed by atoms with Crippen molar-refractivity contribution in [3.05, 3.63) is 30.1 Å². The van der Waals surface area contributed by atoms with Gasteiger partial charge in [0.15, 0.2) is 0 Å². The van der Waals surface area contributed by atoms with E-state index in [9.17, 15) is 17.6 Å². The minimum Gasteiger partial charge on any atom is -0.339 e. The van der Waals surface area contributed by atoms with Crippen LogP contribution in [0, 0.1) is 5.82 Å². The van der Waals surface area contributed by atoms with Crippen LogP contribution in [0.4, 0.5) is 4.39 Å². The summed E-state index contributed by atoms with van der Waals surface area (Å²) < 4.78 is 40.3. The fourth-order valence-electron chi connectivity index (χ4n) is 3.48. The molecule has 1 saturated carbocycles. The molecule has 0 unspecified atom stereocenters. The van der Waals surface area contributed by atoms with Gasteiger partial charge in [-0.15, -0.1) is 11.8 Å². The van der Waals surface area contributed by atoms with Crippen molar-refractivity contribution in [2.45, 2.75) is 42.2 Å². The summed E-state index contributed by atoms with van der Waals surface area (Å²) in [4.78, 5) is 13.8. The molecular weight excluding hydrogens is 375 g/mol. The number of hydrogen-bond acceptors (Lipinski definition) is 4. The molecule has 0 bridgehead atoms. The number of piperazine rings is 1. The average molecular weight is 401 g/mol. The number of rotatable bonds is 5. The maximum absolute atomic E-state index is 13.8. The van der Waals surface area contributed by atoms with Gasteiger partial charge in [0.1, 0.15) is 10.7 Å². The SMILES string of the molecule is O=C(CSC1CCCCC1)N1CCN(S(=O)(=O)c2ccccc2F)CC1. The Morgan fingerprint density at radius 1 is 1.08 bits per heavy atom. The van der Waals surface area contributed by atoms with E-state index in [1.807, 2.05) is 0 Å². The van der Waals surface area contributed by atoms with Crippen LogP contribution < -0.4 is 0 Å². The fraction of sp³-hybridized carbons (Fsp3) is 0.611. The van der Waals surface area contributed by atoms with Crippen LogP contribution in [-0.2, 0) is 14.8 Å². The Bertz CT molecular complexity index is 728.